The number of rotatable bonds is 8. The number of carbonyl (C=O) groups is 2. The summed E-state index contributed by atoms with van der Waals surface area (Å²) in [5, 5.41) is 3.57. The number of benzene rings is 2. The molecule has 0 unspecified atom stereocenters. The van der Waals surface area contributed by atoms with Crippen LogP contribution in [0.25, 0.3) is 0 Å². The molecule has 0 saturated heterocycles. The molecule has 0 aromatic heterocycles. The molecule has 0 radical (unpaired) electrons. The summed E-state index contributed by atoms with van der Waals surface area (Å²) in [6.45, 7) is 2.41. The number of hydrogen-bond acceptors (Lipinski definition) is 3. The third kappa shape index (κ3) is 6.41. The van der Waals surface area contributed by atoms with Crippen molar-refractivity contribution >= 4 is 29.1 Å². The van der Waals surface area contributed by atoms with Gasteiger partial charge in [0.1, 0.15) is 5.75 Å². The first kappa shape index (κ1) is 19.8. The lowest BCUT2D eigenvalue weighted by molar-refractivity contribution is -0.128. The van der Waals surface area contributed by atoms with E-state index in [4.69, 9.17) is 16.3 Å². The van der Waals surface area contributed by atoms with E-state index in [1.807, 2.05) is 24.3 Å². The Balaban J connectivity index is 1.80. The van der Waals surface area contributed by atoms with Gasteiger partial charge in [0.15, 0.2) is 0 Å². The van der Waals surface area contributed by atoms with Crippen molar-refractivity contribution in [2.24, 2.45) is 0 Å². The zero-order valence-corrected chi connectivity index (χ0v) is 15.8. The van der Waals surface area contributed by atoms with Gasteiger partial charge in [-0.1, -0.05) is 29.8 Å². The van der Waals surface area contributed by atoms with Crippen LogP contribution in [0.4, 0.5) is 5.69 Å². The fourth-order valence-electron chi connectivity index (χ4n) is 2.31. The highest BCUT2D eigenvalue weighted by Gasteiger charge is 2.10. The first-order valence-corrected chi connectivity index (χ1v) is 8.81. The molecule has 0 aliphatic heterocycles. The van der Waals surface area contributed by atoms with E-state index in [-0.39, 0.29) is 11.8 Å². The van der Waals surface area contributed by atoms with Crippen molar-refractivity contribution < 1.29 is 14.3 Å². The van der Waals surface area contributed by atoms with Crippen LogP contribution in [0.1, 0.15) is 25.3 Å². The van der Waals surface area contributed by atoms with E-state index in [9.17, 15) is 9.59 Å². The highest BCUT2D eigenvalue weighted by atomic mass is 35.5. The van der Waals surface area contributed by atoms with Crippen molar-refractivity contribution in [3.8, 4) is 5.75 Å². The van der Waals surface area contributed by atoms with E-state index in [1.54, 1.807) is 36.2 Å². The first-order chi connectivity index (χ1) is 12.5. The van der Waals surface area contributed by atoms with Crippen molar-refractivity contribution in [1.29, 1.82) is 0 Å². The number of nitrogens with zero attached hydrogens (tertiary/aromatic N) is 1. The normalized spacial score (nSPS) is 10.3. The highest BCUT2D eigenvalue weighted by Crippen LogP contribution is 2.18. The first-order valence-electron chi connectivity index (χ1n) is 8.43. The fourth-order valence-corrected chi connectivity index (χ4v) is 2.44. The Morgan fingerprint density at radius 1 is 1.12 bits per heavy atom. The molecular formula is C20H23ClN2O3. The van der Waals surface area contributed by atoms with Crippen molar-refractivity contribution in [1.82, 2.24) is 4.90 Å². The van der Waals surface area contributed by atoms with Gasteiger partial charge in [0.25, 0.3) is 0 Å². The molecule has 0 aliphatic carbocycles. The molecule has 0 spiro atoms. The second-order valence-electron chi connectivity index (χ2n) is 5.99. The lowest BCUT2D eigenvalue weighted by Gasteiger charge is -2.18. The maximum absolute atomic E-state index is 12.2. The van der Waals surface area contributed by atoms with Crippen molar-refractivity contribution in [3.63, 3.8) is 0 Å². The van der Waals surface area contributed by atoms with Crippen LogP contribution in [0.3, 0.4) is 0 Å². The van der Waals surface area contributed by atoms with Crippen molar-refractivity contribution in [3.05, 3.63) is 59.1 Å². The molecule has 2 aromatic carbocycles. The number of amides is 2. The quantitative estimate of drug-likeness (QED) is 0.707. The number of anilines is 1. The van der Waals surface area contributed by atoms with E-state index in [0.29, 0.717) is 31.0 Å². The van der Waals surface area contributed by atoms with Crippen LogP contribution in [0.5, 0.6) is 5.75 Å². The molecular weight excluding hydrogens is 352 g/mol. The maximum Gasteiger partial charge on any atom is 0.224 e. The summed E-state index contributed by atoms with van der Waals surface area (Å²) in [5.74, 6) is 0.625. The molecule has 6 heteroatoms. The molecule has 26 heavy (non-hydrogen) atoms. The molecule has 2 aromatic rings. The van der Waals surface area contributed by atoms with Gasteiger partial charge in [-0.3, -0.25) is 9.59 Å². The van der Waals surface area contributed by atoms with Crippen LogP contribution in [0, 0.1) is 0 Å². The molecule has 0 heterocycles. The van der Waals surface area contributed by atoms with Crippen molar-refractivity contribution in [2.45, 2.75) is 26.3 Å². The largest absolute Gasteiger partial charge is 0.494 e. The Labute approximate surface area is 158 Å². The van der Waals surface area contributed by atoms with Gasteiger partial charge in [-0.15, -0.1) is 0 Å². The van der Waals surface area contributed by atoms with Gasteiger partial charge >= 0.3 is 0 Å². The zero-order valence-electron chi connectivity index (χ0n) is 15.0. The van der Waals surface area contributed by atoms with Gasteiger partial charge in [0.05, 0.1) is 6.61 Å². The molecule has 0 fully saturated rings. The van der Waals surface area contributed by atoms with Gasteiger partial charge in [0.2, 0.25) is 11.8 Å². The van der Waals surface area contributed by atoms with Crippen LogP contribution in [-0.4, -0.2) is 30.4 Å². The van der Waals surface area contributed by atoms with Crippen LogP contribution in [-0.2, 0) is 16.1 Å². The second-order valence-corrected chi connectivity index (χ2v) is 6.42. The summed E-state index contributed by atoms with van der Waals surface area (Å²) >= 11 is 5.82. The summed E-state index contributed by atoms with van der Waals surface area (Å²) in [6.07, 6.45) is 0.953. The minimum atomic E-state index is -0.0809. The monoisotopic (exact) mass is 374 g/mol. The standard InChI is InChI=1S/C20H23ClN2O3/c1-15(24)23(2)14-16-6-3-4-7-19(16)22-20(25)8-5-13-26-18-11-9-17(21)10-12-18/h3-4,6-7,9-12H,5,8,13-14H2,1-2H3,(H,22,25). The minimum Gasteiger partial charge on any atom is -0.494 e. The summed E-state index contributed by atoms with van der Waals surface area (Å²) in [4.78, 5) is 25.2. The van der Waals surface area contributed by atoms with Crippen LogP contribution in [0.15, 0.2) is 48.5 Å². The van der Waals surface area contributed by atoms with Gasteiger partial charge in [-0.2, -0.15) is 0 Å². The number of para-hydroxylation sites is 1. The van der Waals surface area contributed by atoms with Crippen molar-refractivity contribution in [2.75, 3.05) is 19.0 Å². The average molecular weight is 375 g/mol. The Morgan fingerprint density at radius 3 is 2.50 bits per heavy atom. The number of nitrogens with one attached hydrogen (secondary N) is 1. The Kier molecular flexibility index (Phi) is 7.48. The Bertz CT molecular complexity index is 747. The minimum absolute atomic E-state index is 0.0227. The van der Waals surface area contributed by atoms with E-state index < -0.39 is 0 Å². The van der Waals surface area contributed by atoms with E-state index >= 15 is 0 Å². The Morgan fingerprint density at radius 2 is 1.81 bits per heavy atom. The molecule has 0 atom stereocenters. The van der Waals surface area contributed by atoms with Gasteiger partial charge in [-0.05, 0) is 42.3 Å². The van der Waals surface area contributed by atoms with Gasteiger partial charge < -0.3 is 15.0 Å². The third-order valence-corrected chi connectivity index (χ3v) is 4.12. The molecule has 1 N–H and O–H groups in total. The summed E-state index contributed by atoms with van der Waals surface area (Å²) in [6, 6.07) is 14.6. The average Bonchev–Trinajstić information content (AvgIpc) is 2.62. The zero-order chi connectivity index (χ0) is 18.9. The van der Waals surface area contributed by atoms with Crippen LogP contribution < -0.4 is 10.1 Å². The third-order valence-electron chi connectivity index (χ3n) is 3.87. The SMILES string of the molecule is CC(=O)N(C)Cc1ccccc1NC(=O)CCCOc1ccc(Cl)cc1. The lowest BCUT2D eigenvalue weighted by atomic mass is 10.1. The number of ether oxygens (including phenoxy) is 1. The molecule has 5 nitrogen and oxygen atoms in total. The molecule has 0 saturated carbocycles. The second kappa shape index (κ2) is 9.82. The lowest BCUT2D eigenvalue weighted by Crippen LogP contribution is -2.24. The highest BCUT2D eigenvalue weighted by molar-refractivity contribution is 6.30. The number of hydrogen-bond donors (Lipinski definition) is 1. The topological polar surface area (TPSA) is 58.6 Å². The maximum atomic E-state index is 12.2. The van der Waals surface area contributed by atoms with E-state index in [0.717, 1.165) is 17.0 Å². The molecule has 0 bridgehead atoms. The molecule has 138 valence electrons. The predicted molar refractivity (Wildman–Crippen MR) is 103 cm³/mol. The Hall–Kier alpha value is -2.53. The summed E-state index contributed by atoms with van der Waals surface area (Å²) in [7, 11) is 1.73. The molecule has 0 aliphatic rings. The van der Waals surface area contributed by atoms with E-state index in [1.165, 1.54) is 6.92 Å². The van der Waals surface area contributed by atoms with Gasteiger partial charge in [0, 0.05) is 37.6 Å². The molecule has 2 rings (SSSR count). The smallest absolute Gasteiger partial charge is 0.224 e. The summed E-state index contributed by atoms with van der Waals surface area (Å²) < 4.78 is 5.58. The number of halogens is 1. The number of carbonyl (C=O) groups excluding carboxylic acids is 2. The van der Waals surface area contributed by atoms with Crippen LogP contribution in [0.2, 0.25) is 5.02 Å². The predicted octanol–water partition coefficient (Wildman–Crippen LogP) is 4.12. The van der Waals surface area contributed by atoms with Gasteiger partial charge in [-0.25, -0.2) is 0 Å². The fraction of sp³-hybridized carbons (Fsp3) is 0.300. The summed E-state index contributed by atoms with van der Waals surface area (Å²) in [5.41, 5.74) is 1.63. The van der Waals surface area contributed by atoms with E-state index in [2.05, 4.69) is 5.32 Å². The van der Waals surface area contributed by atoms with Crippen LogP contribution >= 0.6 is 11.6 Å². The molecule has 2 amide bonds.